The van der Waals surface area contributed by atoms with E-state index in [0.717, 1.165) is 29.7 Å². The van der Waals surface area contributed by atoms with Gasteiger partial charge in [-0.15, -0.1) is 0 Å². The summed E-state index contributed by atoms with van der Waals surface area (Å²) in [6.07, 6.45) is 1.72. The number of rotatable bonds is 20. The van der Waals surface area contributed by atoms with E-state index in [0.29, 0.717) is 30.5 Å². The summed E-state index contributed by atoms with van der Waals surface area (Å²) in [5.74, 6) is -3.24. The van der Waals surface area contributed by atoms with Gasteiger partial charge in [0.1, 0.15) is 0 Å². The second-order valence-electron chi connectivity index (χ2n) is 12.8. The van der Waals surface area contributed by atoms with Gasteiger partial charge in [0.25, 0.3) is 5.91 Å². The van der Waals surface area contributed by atoms with Crippen molar-refractivity contribution in [3.63, 3.8) is 0 Å². The number of aryl methyl sites for hydroxylation is 1. The Hall–Kier alpha value is -4.58. The molecule has 14 heteroatoms. The molecule has 0 saturated heterocycles. The van der Waals surface area contributed by atoms with Crippen molar-refractivity contribution >= 4 is 36.9 Å². The van der Waals surface area contributed by atoms with E-state index in [1.807, 2.05) is 19.1 Å². The molecular formula is C38H46F2N3O8P. The third kappa shape index (κ3) is 12.6. The fraction of sp³-hybridized carbons (Fsp3) is 0.395. The monoisotopic (exact) mass is 741 g/mol. The summed E-state index contributed by atoms with van der Waals surface area (Å²) in [5, 5.41) is 8.20. The van der Waals surface area contributed by atoms with Gasteiger partial charge in [-0.25, -0.2) is 0 Å². The van der Waals surface area contributed by atoms with E-state index in [1.165, 1.54) is 26.0 Å². The highest BCUT2D eigenvalue weighted by atomic mass is 31.2. The van der Waals surface area contributed by atoms with Gasteiger partial charge < -0.3 is 25.7 Å². The molecule has 3 rings (SSSR count). The number of alkyl halides is 2. The first-order valence-electron chi connectivity index (χ1n) is 17.1. The lowest BCUT2D eigenvalue weighted by Gasteiger charge is -2.24. The molecule has 52 heavy (non-hydrogen) atoms. The molecule has 3 atom stereocenters. The molecule has 3 aromatic carbocycles. The van der Waals surface area contributed by atoms with Crippen LogP contribution in [-0.2, 0) is 48.7 Å². The smallest absolute Gasteiger partial charge is 0.352 e. The molecule has 0 saturated carbocycles. The number of benzene rings is 3. The summed E-state index contributed by atoms with van der Waals surface area (Å²) in [5.41, 5.74) is -2.63. The molecule has 0 aromatic heterocycles. The van der Waals surface area contributed by atoms with E-state index in [1.54, 1.807) is 42.5 Å². The van der Waals surface area contributed by atoms with Crippen LogP contribution in [0.15, 0.2) is 78.9 Å². The number of unbranched alkanes of at least 4 members (excludes halogenated alkanes) is 1. The first kappa shape index (κ1) is 41.8. The standard InChI is InChI=1S/C38H46F2N3O8P/c1-4-27-13-17-30(18-14-27)36(47)41-21-9-8-12-33(25(2)44)43-37(48)31(22-29-15-19-32(20-16-29)38(39,40)52(49,50)51)24-35(46)34(42-26(3)45)23-28-10-6-5-7-11-28/h5-7,10-11,13-20,31,33-34H,4,8-9,12,21-24H2,1-3H3,(H,41,47)(H,42,45)(H,43,48)(H2,49,50,51). The van der Waals surface area contributed by atoms with E-state index in [4.69, 9.17) is 9.79 Å². The molecule has 11 nitrogen and oxygen atoms in total. The van der Waals surface area contributed by atoms with Crippen LogP contribution < -0.4 is 16.0 Å². The fourth-order valence-electron chi connectivity index (χ4n) is 5.61. The predicted octanol–water partition coefficient (Wildman–Crippen LogP) is 5.02. The number of nitrogens with one attached hydrogen (secondary N) is 3. The number of carbonyl (C=O) groups excluding carboxylic acids is 5. The molecule has 0 bridgehead atoms. The van der Waals surface area contributed by atoms with Gasteiger partial charge >= 0.3 is 13.3 Å². The normalized spacial score (nSPS) is 13.4. The fourth-order valence-corrected chi connectivity index (χ4v) is 6.10. The van der Waals surface area contributed by atoms with Crippen LogP contribution in [0.2, 0.25) is 0 Å². The molecule has 0 heterocycles. The Balaban J connectivity index is 1.74. The van der Waals surface area contributed by atoms with Gasteiger partial charge in [-0.3, -0.25) is 28.5 Å². The average Bonchev–Trinajstić information content (AvgIpc) is 3.10. The van der Waals surface area contributed by atoms with E-state index in [-0.39, 0.29) is 37.4 Å². The molecule has 3 aromatic rings. The van der Waals surface area contributed by atoms with Crippen LogP contribution in [0.25, 0.3) is 0 Å². The van der Waals surface area contributed by atoms with Crippen molar-refractivity contribution in [1.82, 2.24) is 16.0 Å². The van der Waals surface area contributed by atoms with E-state index >= 15 is 0 Å². The van der Waals surface area contributed by atoms with Gasteiger partial charge in [0, 0.05) is 36.9 Å². The van der Waals surface area contributed by atoms with Gasteiger partial charge in [-0.1, -0.05) is 73.7 Å². The molecular weight excluding hydrogens is 695 g/mol. The van der Waals surface area contributed by atoms with E-state index in [9.17, 15) is 37.3 Å². The summed E-state index contributed by atoms with van der Waals surface area (Å²) in [6.45, 7) is 4.94. The van der Waals surface area contributed by atoms with Crippen LogP contribution in [0.1, 0.15) is 79.1 Å². The quantitative estimate of drug-likeness (QED) is 0.0792. The number of hydrogen-bond donors (Lipinski definition) is 5. The summed E-state index contributed by atoms with van der Waals surface area (Å²) < 4.78 is 39.9. The lowest BCUT2D eigenvalue weighted by Crippen LogP contribution is -2.46. The molecule has 0 aliphatic rings. The Morgan fingerprint density at radius 3 is 1.92 bits per heavy atom. The van der Waals surface area contributed by atoms with Gasteiger partial charge in [-0.2, -0.15) is 8.78 Å². The molecule has 3 unspecified atom stereocenters. The Labute approximate surface area is 302 Å². The Bertz CT molecular complexity index is 1730. The van der Waals surface area contributed by atoms with Crippen molar-refractivity contribution in [2.24, 2.45) is 5.92 Å². The maximum atomic E-state index is 14.3. The highest BCUT2D eigenvalue weighted by molar-refractivity contribution is 7.52. The molecule has 5 N–H and O–H groups in total. The second-order valence-corrected chi connectivity index (χ2v) is 14.4. The molecule has 0 aliphatic heterocycles. The van der Waals surface area contributed by atoms with Crippen molar-refractivity contribution in [1.29, 1.82) is 0 Å². The van der Waals surface area contributed by atoms with Gasteiger partial charge in [0.15, 0.2) is 11.6 Å². The maximum Gasteiger partial charge on any atom is 0.399 e. The van der Waals surface area contributed by atoms with E-state index in [2.05, 4.69) is 16.0 Å². The summed E-state index contributed by atoms with van der Waals surface area (Å²) in [7, 11) is -5.81. The summed E-state index contributed by atoms with van der Waals surface area (Å²) >= 11 is 0. The van der Waals surface area contributed by atoms with Crippen LogP contribution in [-0.4, -0.2) is 57.7 Å². The minimum atomic E-state index is -5.81. The summed E-state index contributed by atoms with van der Waals surface area (Å²) in [6, 6.07) is 18.4. The van der Waals surface area contributed by atoms with Crippen molar-refractivity contribution < 1.29 is 47.1 Å². The zero-order valence-corrected chi connectivity index (χ0v) is 30.3. The number of amides is 3. The minimum Gasteiger partial charge on any atom is -0.352 e. The van der Waals surface area contributed by atoms with Crippen molar-refractivity contribution in [2.45, 2.75) is 83.5 Å². The minimum absolute atomic E-state index is 0.145. The molecule has 0 radical (unpaired) electrons. The lowest BCUT2D eigenvalue weighted by molar-refractivity contribution is -0.133. The molecule has 0 aliphatic carbocycles. The van der Waals surface area contributed by atoms with Crippen LogP contribution >= 0.6 is 7.60 Å². The lowest BCUT2D eigenvalue weighted by atomic mass is 9.89. The largest absolute Gasteiger partial charge is 0.399 e. The molecule has 280 valence electrons. The molecule has 0 fully saturated rings. The highest BCUT2D eigenvalue weighted by Gasteiger charge is 2.50. The average molecular weight is 742 g/mol. The van der Waals surface area contributed by atoms with Crippen LogP contribution in [0.3, 0.4) is 0 Å². The number of carbonyl (C=O) groups is 5. The Morgan fingerprint density at radius 2 is 1.37 bits per heavy atom. The van der Waals surface area contributed by atoms with Gasteiger partial charge in [0.05, 0.1) is 12.1 Å². The summed E-state index contributed by atoms with van der Waals surface area (Å²) in [4.78, 5) is 82.7. The number of halogens is 2. The van der Waals surface area contributed by atoms with Crippen LogP contribution in [0.5, 0.6) is 0 Å². The zero-order chi connectivity index (χ0) is 38.5. The first-order chi connectivity index (χ1) is 24.5. The number of Topliss-reactive ketones (excluding diaryl/α,β-unsaturated/α-hetero) is 2. The SMILES string of the molecule is CCc1ccc(C(=O)NCCCCC(NC(=O)C(CC(=O)C(Cc2ccccc2)NC(C)=O)Cc2ccc(C(F)(F)P(=O)(O)O)cc2)C(C)=O)cc1. The number of ketones is 2. The van der Waals surface area contributed by atoms with Gasteiger partial charge in [-0.05, 0) is 74.3 Å². The molecule has 3 amide bonds. The first-order valence-corrected chi connectivity index (χ1v) is 18.7. The Morgan fingerprint density at radius 1 is 0.769 bits per heavy atom. The van der Waals surface area contributed by atoms with Crippen molar-refractivity contribution in [2.75, 3.05) is 6.54 Å². The predicted molar refractivity (Wildman–Crippen MR) is 192 cm³/mol. The topological polar surface area (TPSA) is 179 Å². The number of hydrogen-bond acceptors (Lipinski definition) is 6. The van der Waals surface area contributed by atoms with Crippen molar-refractivity contribution in [3.8, 4) is 0 Å². The molecule has 0 spiro atoms. The van der Waals surface area contributed by atoms with Gasteiger partial charge in [0.2, 0.25) is 11.8 Å². The maximum absolute atomic E-state index is 14.3. The Kier molecular flexibility index (Phi) is 15.5. The highest BCUT2D eigenvalue weighted by Crippen LogP contribution is 2.59. The van der Waals surface area contributed by atoms with Crippen LogP contribution in [0.4, 0.5) is 8.78 Å². The zero-order valence-electron chi connectivity index (χ0n) is 29.4. The third-order valence-electron chi connectivity index (χ3n) is 8.65. The second kappa shape index (κ2) is 19.3. The third-order valence-corrected chi connectivity index (χ3v) is 9.64. The van der Waals surface area contributed by atoms with E-state index < -0.39 is 54.4 Å². The van der Waals surface area contributed by atoms with Crippen LogP contribution in [0, 0.1) is 5.92 Å². The van der Waals surface area contributed by atoms with Crippen molar-refractivity contribution in [3.05, 3.63) is 107 Å².